The van der Waals surface area contributed by atoms with Gasteiger partial charge in [0, 0.05) is 0 Å². The molecule has 0 saturated carbocycles. The zero-order valence-corrected chi connectivity index (χ0v) is 5.16. The minimum atomic E-state index is -0.361. The first-order valence-corrected chi connectivity index (χ1v) is 2.62. The normalized spacial score (nSPS) is 34.1. The molecule has 0 fully saturated rings. The van der Waals surface area contributed by atoms with Crippen LogP contribution in [0.15, 0.2) is 24.1 Å². The van der Waals surface area contributed by atoms with Gasteiger partial charge in [0.1, 0.15) is 5.83 Å². The summed E-state index contributed by atoms with van der Waals surface area (Å²) in [4.78, 5) is 0. The van der Waals surface area contributed by atoms with Crippen molar-refractivity contribution in [2.45, 2.75) is 13.8 Å². The van der Waals surface area contributed by atoms with Crippen LogP contribution in [0.3, 0.4) is 0 Å². The largest absolute Gasteiger partial charge is 0.211 e. The molecule has 8 heavy (non-hydrogen) atoms. The molecular formula is C7H9F. The van der Waals surface area contributed by atoms with E-state index in [2.05, 4.69) is 6.58 Å². The second-order valence-electron chi connectivity index (χ2n) is 2.47. The van der Waals surface area contributed by atoms with Crippen LogP contribution < -0.4 is 0 Å². The summed E-state index contributed by atoms with van der Waals surface area (Å²) < 4.78 is 12.2. The molecule has 0 bridgehead atoms. The third-order valence-corrected chi connectivity index (χ3v) is 1.71. The smallest absolute Gasteiger partial charge is 0.111 e. The Kier molecular flexibility index (Phi) is 0.844. The Morgan fingerprint density at radius 2 is 2.25 bits per heavy atom. The van der Waals surface area contributed by atoms with Crippen molar-refractivity contribution in [3.8, 4) is 0 Å². The molecule has 0 aromatic heterocycles. The highest BCUT2D eigenvalue weighted by molar-refractivity contribution is 5.42. The van der Waals surface area contributed by atoms with Gasteiger partial charge in [-0.05, 0) is 19.9 Å². The molecule has 1 atom stereocenters. The van der Waals surface area contributed by atoms with Gasteiger partial charge in [0.25, 0.3) is 0 Å². The van der Waals surface area contributed by atoms with Crippen molar-refractivity contribution in [3.05, 3.63) is 24.1 Å². The highest BCUT2D eigenvalue weighted by Gasteiger charge is 2.40. The summed E-state index contributed by atoms with van der Waals surface area (Å²) in [6.07, 6.45) is 1.58. The Hall–Kier alpha value is -0.590. The Morgan fingerprint density at radius 3 is 2.25 bits per heavy atom. The minimum absolute atomic E-state index is 0.0370. The Balaban J connectivity index is 2.64. The van der Waals surface area contributed by atoms with Gasteiger partial charge in [0.2, 0.25) is 0 Å². The summed E-state index contributed by atoms with van der Waals surface area (Å²) in [5, 5.41) is 0. The van der Waals surface area contributed by atoms with E-state index in [0.29, 0.717) is 0 Å². The van der Waals surface area contributed by atoms with Gasteiger partial charge in [0.15, 0.2) is 0 Å². The number of hydrogen-bond donors (Lipinski definition) is 0. The molecule has 44 valence electrons. The molecule has 1 aliphatic carbocycles. The van der Waals surface area contributed by atoms with Crippen molar-refractivity contribution in [2.24, 2.45) is 5.41 Å². The molecule has 0 heterocycles. The predicted molar refractivity (Wildman–Crippen MR) is 32.1 cm³/mol. The molecule has 0 nitrogen and oxygen atoms in total. The van der Waals surface area contributed by atoms with Crippen molar-refractivity contribution in [1.29, 1.82) is 0 Å². The lowest BCUT2D eigenvalue weighted by Gasteiger charge is -2.05. The monoisotopic (exact) mass is 112 g/mol. The fourth-order valence-corrected chi connectivity index (χ4v) is 0.544. The van der Waals surface area contributed by atoms with Crippen molar-refractivity contribution >= 4 is 0 Å². The molecule has 0 saturated heterocycles. The maximum absolute atomic E-state index is 12.2. The Labute approximate surface area is 48.7 Å². The molecule has 0 aliphatic heterocycles. The number of hydrogen-bond acceptors (Lipinski definition) is 0. The Morgan fingerprint density at radius 1 is 1.88 bits per heavy atom. The zero-order valence-electron chi connectivity index (χ0n) is 5.16. The van der Waals surface area contributed by atoms with Gasteiger partial charge < -0.3 is 0 Å². The average molecular weight is 112 g/mol. The first-order chi connectivity index (χ1) is 3.57. The van der Waals surface area contributed by atoms with E-state index in [1.165, 1.54) is 0 Å². The van der Waals surface area contributed by atoms with Gasteiger partial charge in [-0.15, -0.1) is 0 Å². The number of rotatable bonds is 1. The fourth-order valence-electron chi connectivity index (χ4n) is 0.544. The van der Waals surface area contributed by atoms with Crippen molar-refractivity contribution in [2.75, 3.05) is 0 Å². The molecule has 0 spiro atoms. The molecule has 1 unspecified atom stereocenters. The second-order valence-corrected chi connectivity index (χ2v) is 2.47. The van der Waals surface area contributed by atoms with Gasteiger partial charge in [0.05, 0.1) is 5.41 Å². The van der Waals surface area contributed by atoms with E-state index in [1.807, 2.05) is 13.8 Å². The van der Waals surface area contributed by atoms with E-state index >= 15 is 0 Å². The lowest BCUT2D eigenvalue weighted by Crippen LogP contribution is -1.96. The van der Waals surface area contributed by atoms with Crippen LogP contribution in [-0.2, 0) is 0 Å². The van der Waals surface area contributed by atoms with E-state index in [0.717, 1.165) is 5.57 Å². The van der Waals surface area contributed by atoms with E-state index in [9.17, 15) is 4.39 Å². The number of halogens is 1. The summed E-state index contributed by atoms with van der Waals surface area (Å²) in [6.45, 7) is 7.31. The topological polar surface area (TPSA) is 0 Å². The van der Waals surface area contributed by atoms with Gasteiger partial charge in [-0.2, -0.15) is 0 Å². The van der Waals surface area contributed by atoms with Crippen LogP contribution in [0, 0.1) is 5.41 Å². The van der Waals surface area contributed by atoms with E-state index in [1.54, 1.807) is 6.08 Å². The molecular weight excluding hydrogens is 103 g/mol. The molecule has 0 aromatic rings. The third kappa shape index (κ3) is 0.507. The minimum Gasteiger partial charge on any atom is -0.211 e. The first kappa shape index (κ1) is 5.54. The van der Waals surface area contributed by atoms with E-state index in [-0.39, 0.29) is 11.2 Å². The van der Waals surface area contributed by atoms with Crippen molar-refractivity contribution in [3.63, 3.8) is 0 Å². The lowest BCUT2D eigenvalue weighted by atomic mass is 9.99. The standard InChI is InChI=1S/C7H9F/c1-5(2)7(3)4-6(7)8/h4H,1H2,2-3H3. The van der Waals surface area contributed by atoms with Crippen LogP contribution in [-0.4, -0.2) is 0 Å². The number of allylic oxidation sites excluding steroid dienone is 3. The maximum atomic E-state index is 12.2. The fraction of sp³-hybridized carbons (Fsp3) is 0.429. The lowest BCUT2D eigenvalue weighted by molar-refractivity contribution is 0.555. The van der Waals surface area contributed by atoms with Gasteiger partial charge in [-0.25, -0.2) is 4.39 Å². The molecule has 0 aromatic carbocycles. The van der Waals surface area contributed by atoms with Gasteiger partial charge in [-0.3, -0.25) is 0 Å². The molecule has 1 heteroatoms. The van der Waals surface area contributed by atoms with Crippen LogP contribution in [0.25, 0.3) is 0 Å². The van der Waals surface area contributed by atoms with Gasteiger partial charge in [-0.1, -0.05) is 12.2 Å². The second kappa shape index (κ2) is 1.22. The zero-order chi connectivity index (χ0) is 6.36. The molecule has 0 N–H and O–H groups in total. The van der Waals surface area contributed by atoms with Crippen LogP contribution in [0.4, 0.5) is 4.39 Å². The SMILES string of the molecule is C=C(C)C1(C)C=C1F. The molecule has 1 aliphatic rings. The summed E-state index contributed by atoms with van der Waals surface area (Å²) in [5.41, 5.74) is 0.523. The van der Waals surface area contributed by atoms with Crippen LogP contribution in [0.1, 0.15) is 13.8 Å². The van der Waals surface area contributed by atoms with Crippen molar-refractivity contribution in [1.82, 2.24) is 0 Å². The summed E-state index contributed by atoms with van der Waals surface area (Å²) in [5.74, 6) is -0.0370. The van der Waals surface area contributed by atoms with Crippen LogP contribution >= 0.6 is 0 Å². The van der Waals surface area contributed by atoms with Crippen LogP contribution in [0.5, 0.6) is 0 Å². The van der Waals surface area contributed by atoms with Crippen LogP contribution in [0.2, 0.25) is 0 Å². The summed E-state index contributed by atoms with van der Waals surface area (Å²) in [6, 6.07) is 0. The third-order valence-electron chi connectivity index (χ3n) is 1.71. The highest BCUT2D eigenvalue weighted by Crippen LogP contribution is 2.49. The summed E-state index contributed by atoms with van der Waals surface area (Å²) in [7, 11) is 0. The van der Waals surface area contributed by atoms with E-state index < -0.39 is 0 Å². The van der Waals surface area contributed by atoms with Crippen molar-refractivity contribution < 1.29 is 4.39 Å². The highest BCUT2D eigenvalue weighted by atomic mass is 19.1. The molecule has 1 rings (SSSR count). The summed E-state index contributed by atoms with van der Waals surface area (Å²) >= 11 is 0. The Bertz CT molecular complexity index is 167. The average Bonchev–Trinajstić information content (AvgIpc) is 2.17. The maximum Gasteiger partial charge on any atom is 0.111 e. The first-order valence-electron chi connectivity index (χ1n) is 2.62. The van der Waals surface area contributed by atoms with Gasteiger partial charge >= 0.3 is 0 Å². The quantitative estimate of drug-likeness (QED) is 0.457. The van der Waals surface area contributed by atoms with E-state index in [4.69, 9.17) is 0 Å². The molecule has 0 radical (unpaired) electrons. The molecule has 0 amide bonds. The predicted octanol–water partition coefficient (Wildman–Crippen LogP) is 2.44.